The minimum Gasteiger partial charge on any atom is -0.497 e. The molecule has 92 valence electrons. The van der Waals surface area contributed by atoms with Crippen LogP contribution in [0.5, 0.6) is 5.75 Å². The van der Waals surface area contributed by atoms with Gasteiger partial charge in [-0.15, -0.1) is 0 Å². The Balaban J connectivity index is 2.25. The molecule has 6 heteroatoms. The molecule has 1 aromatic carbocycles. The van der Waals surface area contributed by atoms with Gasteiger partial charge in [-0.3, -0.25) is 5.10 Å². The molecule has 6 nitrogen and oxygen atoms in total. The van der Waals surface area contributed by atoms with Crippen LogP contribution in [0.25, 0.3) is 22.4 Å². The van der Waals surface area contributed by atoms with Crippen LogP contribution in [0, 0.1) is 0 Å². The number of hydrogen-bond donors (Lipinski definition) is 2. The molecule has 0 amide bonds. The first-order chi connectivity index (χ1) is 8.70. The fourth-order valence-electron chi connectivity index (χ4n) is 2.02. The van der Waals surface area contributed by atoms with Crippen LogP contribution >= 0.6 is 0 Å². The normalized spacial score (nSPS) is 11.0. The third-order valence-corrected chi connectivity index (χ3v) is 3.00. The summed E-state index contributed by atoms with van der Waals surface area (Å²) in [5.74, 6) is 2.08. The van der Waals surface area contributed by atoms with E-state index in [9.17, 15) is 0 Å². The second kappa shape index (κ2) is 3.76. The van der Waals surface area contributed by atoms with Gasteiger partial charge in [0.1, 0.15) is 17.4 Å². The zero-order valence-corrected chi connectivity index (χ0v) is 10.1. The smallest absolute Gasteiger partial charge is 0.146 e. The Morgan fingerprint density at radius 1 is 1.39 bits per heavy atom. The average Bonchev–Trinajstić information content (AvgIpc) is 2.93. The summed E-state index contributed by atoms with van der Waals surface area (Å²) in [6.07, 6.45) is 1.67. The number of nitrogen functional groups attached to an aromatic ring is 1. The van der Waals surface area contributed by atoms with Crippen molar-refractivity contribution in [3.63, 3.8) is 0 Å². The van der Waals surface area contributed by atoms with Crippen LogP contribution in [-0.4, -0.2) is 26.9 Å². The van der Waals surface area contributed by atoms with Gasteiger partial charge in [0.05, 0.1) is 29.9 Å². The predicted octanol–water partition coefficient (Wildman–Crippen LogP) is 1.55. The predicted molar refractivity (Wildman–Crippen MR) is 69.3 cm³/mol. The number of ether oxygens (including phenoxy) is 1. The lowest BCUT2D eigenvalue weighted by atomic mass is 10.3. The maximum absolute atomic E-state index is 5.82. The quantitative estimate of drug-likeness (QED) is 0.715. The molecule has 2 heterocycles. The molecule has 0 atom stereocenters. The topological polar surface area (TPSA) is 81.8 Å². The molecule has 3 aromatic rings. The molecule has 0 spiro atoms. The number of hydrogen-bond acceptors (Lipinski definition) is 4. The number of nitrogens with zero attached hydrogens (tertiary/aromatic N) is 3. The van der Waals surface area contributed by atoms with Gasteiger partial charge in [0.25, 0.3) is 0 Å². The Kier molecular flexibility index (Phi) is 2.22. The summed E-state index contributed by atoms with van der Waals surface area (Å²) in [5, 5.41) is 6.63. The lowest BCUT2D eigenvalue weighted by Crippen LogP contribution is -1.95. The Morgan fingerprint density at radius 2 is 2.22 bits per heavy atom. The first-order valence-electron chi connectivity index (χ1n) is 5.50. The van der Waals surface area contributed by atoms with Crippen LogP contribution < -0.4 is 10.5 Å². The van der Waals surface area contributed by atoms with Gasteiger partial charge in [0.2, 0.25) is 0 Å². The molecule has 0 saturated carbocycles. The summed E-state index contributed by atoms with van der Waals surface area (Å²) in [6.45, 7) is 0. The number of nitrogens with one attached hydrogen (secondary N) is 1. The largest absolute Gasteiger partial charge is 0.497 e. The molecule has 0 bridgehead atoms. The van der Waals surface area contributed by atoms with E-state index in [1.54, 1.807) is 13.3 Å². The van der Waals surface area contributed by atoms with Crippen molar-refractivity contribution in [3.05, 3.63) is 24.4 Å². The Morgan fingerprint density at radius 3 is 2.89 bits per heavy atom. The van der Waals surface area contributed by atoms with Gasteiger partial charge >= 0.3 is 0 Å². The third-order valence-electron chi connectivity index (χ3n) is 3.00. The van der Waals surface area contributed by atoms with Crippen LogP contribution in [0.3, 0.4) is 0 Å². The summed E-state index contributed by atoms with van der Waals surface area (Å²) in [5.41, 5.74) is 8.51. The van der Waals surface area contributed by atoms with E-state index < -0.39 is 0 Å². The lowest BCUT2D eigenvalue weighted by Gasteiger charge is -2.01. The molecular weight excluding hydrogens is 230 g/mol. The Bertz CT molecular complexity index is 712. The Hall–Kier alpha value is -2.50. The van der Waals surface area contributed by atoms with Crippen molar-refractivity contribution in [2.75, 3.05) is 12.8 Å². The van der Waals surface area contributed by atoms with Crippen LogP contribution in [0.2, 0.25) is 0 Å². The van der Waals surface area contributed by atoms with Crippen molar-refractivity contribution in [2.24, 2.45) is 7.05 Å². The number of rotatable bonds is 2. The zero-order chi connectivity index (χ0) is 12.7. The lowest BCUT2D eigenvalue weighted by molar-refractivity contribution is 0.415. The summed E-state index contributed by atoms with van der Waals surface area (Å²) in [6, 6.07) is 5.78. The second-order valence-corrected chi connectivity index (χ2v) is 4.05. The van der Waals surface area contributed by atoms with E-state index in [0.717, 1.165) is 28.2 Å². The van der Waals surface area contributed by atoms with Gasteiger partial charge in [0.15, 0.2) is 0 Å². The van der Waals surface area contributed by atoms with Gasteiger partial charge in [0, 0.05) is 13.1 Å². The summed E-state index contributed by atoms with van der Waals surface area (Å²) in [4.78, 5) is 4.57. The minimum absolute atomic E-state index is 0.514. The standard InChI is InChI=1S/C12H13N5O/c1-17-10-4-3-7(18-2)5-9(10)15-12(17)8-6-14-16-11(8)13/h3-6H,1-2H3,(H3,13,14,16). The van der Waals surface area contributed by atoms with Gasteiger partial charge in [-0.1, -0.05) is 0 Å². The molecule has 0 unspecified atom stereocenters. The highest BCUT2D eigenvalue weighted by Gasteiger charge is 2.14. The van der Waals surface area contributed by atoms with Gasteiger partial charge in [-0.25, -0.2) is 4.98 Å². The number of aromatic amines is 1. The van der Waals surface area contributed by atoms with E-state index in [1.165, 1.54) is 0 Å². The molecule has 0 fully saturated rings. The molecule has 2 aromatic heterocycles. The zero-order valence-electron chi connectivity index (χ0n) is 10.1. The van der Waals surface area contributed by atoms with Crippen molar-refractivity contribution in [1.29, 1.82) is 0 Å². The monoisotopic (exact) mass is 243 g/mol. The van der Waals surface area contributed by atoms with E-state index in [4.69, 9.17) is 10.5 Å². The van der Waals surface area contributed by atoms with Crippen LogP contribution in [0.1, 0.15) is 0 Å². The number of fused-ring (bicyclic) bond motifs is 1. The fraction of sp³-hybridized carbons (Fsp3) is 0.167. The minimum atomic E-state index is 0.514. The number of aromatic nitrogens is 4. The van der Waals surface area contributed by atoms with E-state index in [0.29, 0.717) is 5.82 Å². The molecule has 0 aliphatic carbocycles. The van der Waals surface area contributed by atoms with Crippen LogP contribution in [0.4, 0.5) is 5.82 Å². The van der Waals surface area contributed by atoms with Crippen molar-refractivity contribution in [2.45, 2.75) is 0 Å². The number of aryl methyl sites for hydroxylation is 1. The first kappa shape index (κ1) is 10.6. The molecule has 18 heavy (non-hydrogen) atoms. The number of methoxy groups -OCH3 is 1. The number of nitrogens with two attached hydrogens (primary N) is 1. The molecule has 3 rings (SSSR count). The van der Waals surface area contributed by atoms with Crippen molar-refractivity contribution in [3.8, 4) is 17.1 Å². The third kappa shape index (κ3) is 1.42. The number of imidazole rings is 1. The van der Waals surface area contributed by atoms with Gasteiger partial charge in [-0.2, -0.15) is 5.10 Å². The highest BCUT2D eigenvalue weighted by molar-refractivity contribution is 5.83. The molecule has 0 aliphatic rings. The highest BCUT2D eigenvalue weighted by atomic mass is 16.5. The molecule has 0 radical (unpaired) electrons. The average molecular weight is 243 g/mol. The molecule has 0 aliphatic heterocycles. The number of H-pyrrole nitrogens is 1. The highest BCUT2D eigenvalue weighted by Crippen LogP contribution is 2.28. The second-order valence-electron chi connectivity index (χ2n) is 4.05. The summed E-state index contributed by atoms with van der Waals surface area (Å²) >= 11 is 0. The number of anilines is 1. The molecular formula is C12H13N5O. The van der Waals surface area contributed by atoms with E-state index in [1.807, 2.05) is 29.8 Å². The summed E-state index contributed by atoms with van der Waals surface area (Å²) < 4.78 is 7.18. The van der Waals surface area contributed by atoms with Crippen molar-refractivity contribution < 1.29 is 4.74 Å². The van der Waals surface area contributed by atoms with Gasteiger partial charge < -0.3 is 15.0 Å². The van der Waals surface area contributed by atoms with Crippen molar-refractivity contribution in [1.82, 2.24) is 19.7 Å². The first-order valence-corrected chi connectivity index (χ1v) is 5.50. The van der Waals surface area contributed by atoms with E-state index >= 15 is 0 Å². The Labute approximate surface area is 103 Å². The van der Waals surface area contributed by atoms with E-state index in [2.05, 4.69) is 15.2 Å². The summed E-state index contributed by atoms with van der Waals surface area (Å²) in [7, 11) is 3.59. The van der Waals surface area contributed by atoms with Crippen LogP contribution in [-0.2, 0) is 7.05 Å². The van der Waals surface area contributed by atoms with Gasteiger partial charge in [-0.05, 0) is 12.1 Å². The van der Waals surface area contributed by atoms with Crippen LogP contribution in [0.15, 0.2) is 24.4 Å². The maximum atomic E-state index is 5.82. The molecule has 3 N–H and O–H groups in total. The molecule has 0 saturated heterocycles. The maximum Gasteiger partial charge on any atom is 0.146 e. The van der Waals surface area contributed by atoms with Crippen molar-refractivity contribution >= 4 is 16.9 Å². The fourth-order valence-corrected chi connectivity index (χ4v) is 2.02. The number of benzene rings is 1. The van der Waals surface area contributed by atoms with E-state index in [-0.39, 0.29) is 0 Å². The SMILES string of the molecule is COc1ccc2c(c1)nc(-c1cn[nH]c1N)n2C.